The third-order valence-corrected chi connectivity index (χ3v) is 5.36. The number of hydrogen-bond donors (Lipinski definition) is 1. The monoisotopic (exact) mass is 415 g/mol. The van der Waals surface area contributed by atoms with Gasteiger partial charge in [-0.3, -0.25) is 0 Å². The molecule has 4 rings (SSSR count). The Bertz CT molecular complexity index is 1210. The second-order valence-corrected chi connectivity index (χ2v) is 7.44. The Morgan fingerprint density at radius 3 is 2.29 bits per heavy atom. The molecule has 0 saturated heterocycles. The molecule has 28 heavy (non-hydrogen) atoms. The van der Waals surface area contributed by atoms with E-state index in [2.05, 4.69) is 5.32 Å². The maximum Gasteiger partial charge on any atom is 0.361 e. The van der Waals surface area contributed by atoms with Crippen LogP contribution in [0.4, 0.5) is 20.2 Å². The summed E-state index contributed by atoms with van der Waals surface area (Å²) >= 11 is 7.22. The molecule has 0 amide bonds. The number of nitrogens with one attached hydrogen (secondary N) is 1. The van der Waals surface area contributed by atoms with Crippen LogP contribution in [-0.4, -0.2) is 0 Å². The van der Waals surface area contributed by atoms with Crippen LogP contribution in [0.1, 0.15) is 0 Å². The molecular formula is C21H12ClF2NO2S. The Morgan fingerprint density at radius 2 is 1.57 bits per heavy atom. The summed E-state index contributed by atoms with van der Waals surface area (Å²) in [6.45, 7) is 0. The first-order chi connectivity index (χ1) is 13.5. The van der Waals surface area contributed by atoms with Gasteiger partial charge in [-0.2, -0.15) is 0 Å². The molecule has 1 aromatic heterocycles. The molecular weight excluding hydrogens is 404 g/mol. The predicted molar refractivity (Wildman–Crippen MR) is 108 cm³/mol. The zero-order chi connectivity index (χ0) is 19.7. The largest absolute Gasteiger partial charge is 0.421 e. The van der Waals surface area contributed by atoms with Crippen molar-refractivity contribution in [3.8, 4) is 0 Å². The second-order valence-electron chi connectivity index (χ2n) is 5.92. The highest BCUT2D eigenvalue weighted by Crippen LogP contribution is 2.39. The average molecular weight is 416 g/mol. The van der Waals surface area contributed by atoms with Crippen LogP contribution in [0.25, 0.3) is 11.0 Å². The molecule has 0 radical (unpaired) electrons. The summed E-state index contributed by atoms with van der Waals surface area (Å²) in [5, 5.41) is 4.00. The maximum absolute atomic E-state index is 13.9. The van der Waals surface area contributed by atoms with Crippen molar-refractivity contribution in [3.05, 3.63) is 93.8 Å². The van der Waals surface area contributed by atoms with Crippen LogP contribution in [0, 0.1) is 11.6 Å². The van der Waals surface area contributed by atoms with Gasteiger partial charge < -0.3 is 9.73 Å². The quantitative estimate of drug-likeness (QED) is 0.380. The van der Waals surface area contributed by atoms with Crippen LogP contribution in [0.3, 0.4) is 0 Å². The van der Waals surface area contributed by atoms with E-state index < -0.39 is 17.3 Å². The topological polar surface area (TPSA) is 42.2 Å². The van der Waals surface area contributed by atoms with E-state index in [-0.39, 0.29) is 11.3 Å². The van der Waals surface area contributed by atoms with E-state index in [1.54, 1.807) is 24.3 Å². The molecule has 0 aliphatic heterocycles. The lowest BCUT2D eigenvalue weighted by Gasteiger charge is -2.13. The van der Waals surface area contributed by atoms with Gasteiger partial charge in [0.15, 0.2) is 0 Å². The molecule has 0 bridgehead atoms. The summed E-state index contributed by atoms with van der Waals surface area (Å²) in [6.07, 6.45) is 0. The fourth-order valence-electron chi connectivity index (χ4n) is 2.66. The summed E-state index contributed by atoms with van der Waals surface area (Å²) in [4.78, 5) is 13.9. The van der Waals surface area contributed by atoms with E-state index in [9.17, 15) is 13.6 Å². The number of halogens is 3. The first-order valence-corrected chi connectivity index (χ1v) is 9.41. The molecule has 4 aromatic rings. The highest BCUT2D eigenvalue weighted by molar-refractivity contribution is 7.99. The molecule has 140 valence electrons. The van der Waals surface area contributed by atoms with E-state index in [1.807, 2.05) is 0 Å². The van der Waals surface area contributed by atoms with Gasteiger partial charge in [0, 0.05) is 21.0 Å². The van der Waals surface area contributed by atoms with Crippen LogP contribution in [0.15, 0.2) is 85.7 Å². The normalized spacial score (nSPS) is 11.0. The molecule has 0 aliphatic carbocycles. The van der Waals surface area contributed by atoms with Crippen molar-refractivity contribution in [2.75, 3.05) is 5.32 Å². The SMILES string of the molecule is O=c1oc2ccc(F)cc2c(Sc2ccc(Cl)cc2)c1Nc1ccc(F)cc1. The number of anilines is 2. The number of fused-ring (bicyclic) bond motifs is 1. The Labute approximate surface area is 168 Å². The molecule has 0 atom stereocenters. The predicted octanol–water partition coefficient (Wildman–Crippen LogP) is 6.62. The minimum absolute atomic E-state index is 0.143. The van der Waals surface area contributed by atoms with Crippen molar-refractivity contribution in [2.45, 2.75) is 9.79 Å². The highest BCUT2D eigenvalue weighted by Gasteiger charge is 2.17. The Balaban J connectivity index is 1.88. The lowest BCUT2D eigenvalue weighted by molar-refractivity contribution is 0.558. The zero-order valence-electron chi connectivity index (χ0n) is 14.2. The molecule has 1 heterocycles. The van der Waals surface area contributed by atoms with Crippen LogP contribution < -0.4 is 10.9 Å². The molecule has 0 spiro atoms. The van der Waals surface area contributed by atoms with Gasteiger partial charge in [0.1, 0.15) is 22.9 Å². The Kier molecular flexibility index (Phi) is 5.07. The van der Waals surface area contributed by atoms with Gasteiger partial charge in [-0.25, -0.2) is 13.6 Å². The minimum atomic E-state index is -0.611. The molecule has 0 fully saturated rings. The van der Waals surface area contributed by atoms with E-state index in [1.165, 1.54) is 54.2 Å². The first kappa shape index (κ1) is 18.5. The standard InChI is InChI=1S/C21H12ClF2NO2S/c22-12-1-8-16(9-2-12)28-20-17-11-14(24)5-10-18(17)27-21(26)19(20)25-15-6-3-13(23)4-7-15/h1-11,25H. The molecule has 3 aromatic carbocycles. The van der Waals surface area contributed by atoms with Crippen LogP contribution in [0.5, 0.6) is 0 Å². The Hall–Kier alpha value is -2.83. The van der Waals surface area contributed by atoms with Gasteiger partial charge in [-0.1, -0.05) is 23.4 Å². The molecule has 7 heteroatoms. The van der Waals surface area contributed by atoms with Crippen molar-refractivity contribution >= 4 is 45.7 Å². The third kappa shape index (κ3) is 3.88. The minimum Gasteiger partial charge on any atom is -0.421 e. The van der Waals surface area contributed by atoms with Crippen molar-refractivity contribution in [1.29, 1.82) is 0 Å². The van der Waals surface area contributed by atoms with E-state index in [0.29, 0.717) is 21.0 Å². The van der Waals surface area contributed by atoms with E-state index in [0.717, 1.165) is 4.90 Å². The van der Waals surface area contributed by atoms with Gasteiger partial charge in [0.2, 0.25) is 0 Å². The average Bonchev–Trinajstić information content (AvgIpc) is 2.68. The van der Waals surface area contributed by atoms with Gasteiger partial charge in [0.25, 0.3) is 0 Å². The summed E-state index contributed by atoms with van der Waals surface area (Å²) < 4.78 is 32.4. The van der Waals surface area contributed by atoms with Gasteiger partial charge >= 0.3 is 5.63 Å². The molecule has 0 saturated carbocycles. The molecule has 0 aliphatic rings. The summed E-state index contributed by atoms with van der Waals surface area (Å²) in [5.74, 6) is -0.846. The molecule has 0 unspecified atom stereocenters. The smallest absolute Gasteiger partial charge is 0.361 e. The summed E-state index contributed by atoms with van der Waals surface area (Å²) in [5.41, 5.74) is 0.305. The van der Waals surface area contributed by atoms with Crippen LogP contribution >= 0.6 is 23.4 Å². The number of rotatable bonds is 4. The number of benzene rings is 3. The van der Waals surface area contributed by atoms with Gasteiger partial charge in [-0.05, 0) is 66.7 Å². The van der Waals surface area contributed by atoms with Gasteiger partial charge in [0.05, 0.1) is 4.90 Å². The van der Waals surface area contributed by atoms with Crippen LogP contribution in [0.2, 0.25) is 5.02 Å². The zero-order valence-corrected chi connectivity index (χ0v) is 15.8. The summed E-state index contributed by atoms with van der Waals surface area (Å²) in [6, 6.07) is 16.6. The molecule has 3 nitrogen and oxygen atoms in total. The second kappa shape index (κ2) is 7.66. The lowest BCUT2D eigenvalue weighted by atomic mass is 10.2. The fraction of sp³-hybridized carbons (Fsp3) is 0. The van der Waals surface area contributed by atoms with Crippen molar-refractivity contribution in [1.82, 2.24) is 0 Å². The number of hydrogen-bond acceptors (Lipinski definition) is 4. The summed E-state index contributed by atoms with van der Waals surface area (Å²) in [7, 11) is 0. The van der Waals surface area contributed by atoms with E-state index in [4.69, 9.17) is 16.0 Å². The highest BCUT2D eigenvalue weighted by atomic mass is 35.5. The van der Waals surface area contributed by atoms with Crippen molar-refractivity contribution in [2.24, 2.45) is 0 Å². The lowest BCUT2D eigenvalue weighted by Crippen LogP contribution is -2.09. The van der Waals surface area contributed by atoms with Crippen molar-refractivity contribution < 1.29 is 13.2 Å². The fourth-order valence-corrected chi connectivity index (χ4v) is 3.80. The van der Waals surface area contributed by atoms with E-state index >= 15 is 0 Å². The first-order valence-electron chi connectivity index (χ1n) is 8.22. The molecule has 1 N–H and O–H groups in total. The van der Waals surface area contributed by atoms with Crippen molar-refractivity contribution in [3.63, 3.8) is 0 Å². The van der Waals surface area contributed by atoms with Crippen LogP contribution in [-0.2, 0) is 0 Å². The maximum atomic E-state index is 13.9. The third-order valence-electron chi connectivity index (χ3n) is 3.97. The van der Waals surface area contributed by atoms with Gasteiger partial charge in [-0.15, -0.1) is 0 Å². The Morgan fingerprint density at radius 1 is 0.893 bits per heavy atom.